The molecule has 7 heteroatoms. The lowest BCUT2D eigenvalue weighted by atomic mass is 10.1. The van der Waals surface area contributed by atoms with Gasteiger partial charge in [-0.25, -0.2) is 4.98 Å². The van der Waals surface area contributed by atoms with Gasteiger partial charge in [-0.05, 0) is 30.3 Å². The number of hydrogen-bond donors (Lipinski definition) is 1. The van der Waals surface area contributed by atoms with Crippen molar-refractivity contribution in [3.8, 4) is 22.8 Å². The van der Waals surface area contributed by atoms with E-state index in [2.05, 4.69) is 10.3 Å². The molecule has 0 saturated carbocycles. The predicted molar refractivity (Wildman–Crippen MR) is 104 cm³/mol. The van der Waals surface area contributed by atoms with Gasteiger partial charge in [0.2, 0.25) is 12.7 Å². The van der Waals surface area contributed by atoms with Gasteiger partial charge in [-0.3, -0.25) is 4.79 Å². The van der Waals surface area contributed by atoms with Crippen molar-refractivity contribution >= 4 is 34.1 Å². The molecule has 3 aromatic rings. The van der Waals surface area contributed by atoms with Gasteiger partial charge in [0, 0.05) is 28.0 Å². The van der Waals surface area contributed by atoms with Crippen molar-refractivity contribution in [1.29, 1.82) is 0 Å². The summed E-state index contributed by atoms with van der Waals surface area (Å²) in [7, 11) is 0. The molecule has 1 aromatic heterocycles. The van der Waals surface area contributed by atoms with Gasteiger partial charge in [0.15, 0.2) is 16.6 Å². The maximum atomic E-state index is 12.1. The van der Waals surface area contributed by atoms with E-state index in [-0.39, 0.29) is 12.7 Å². The number of amides is 1. The van der Waals surface area contributed by atoms with E-state index in [4.69, 9.17) is 9.47 Å². The molecule has 26 heavy (non-hydrogen) atoms. The molecule has 0 radical (unpaired) electrons. The van der Waals surface area contributed by atoms with E-state index < -0.39 is 0 Å². The molecule has 1 aliphatic heterocycles. The van der Waals surface area contributed by atoms with Crippen molar-refractivity contribution in [2.45, 2.75) is 11.3 Å². The van der Waals surface area contributed by atoms with Gasteiger partial charge < -0.3 is 14.8 Å². The highest BCUT2D eigenvalue weighted by molar-refractivity contribution is 7.99. The van der Waals surface area contributed by atoms with Crippen LogP contribution >= 0.6 is 23.1 Å². The Labute approximate surface area is 159 Å². The number of anilines is 1. The first-order valence-corrected chi connectivity index (χ1v) is 9.98. The zero-order valence-corrected chi connectivity index (χ0v) is 15.4. The second kappa shape index (κ2) is 7.80. The van der Waals surface area contributed by atoms with Crippen LogP contribution in [0.5, 0.6) is 11.5 Å². The van der Waals surface area contributed by atoms with Crippen molar-refractivity contribution < 1.29 is 14.3 Å². The number of carbonyl (C=O) groups excluding carboxylic acids is 1. The third-order valence-corrected chi connectivity index (χ3v) is 5.53. The molecule has 5 nitrogen and oxygen atoms in total. The van der Waals surface area contributed by atoms with E-state index in [0.29, 0.717) is 11.6 Å². The molecule has 132 valence electrons. The van der Waals surface area contributed by atoms with Crippen LogP contribution in [0.4, 0.5) is 5.13 Å². The molecule has 1 N–H and O–H groups in total. The Morgan fingerprint density at radius 3 is 2.88 bits per heavy atom. The van der Waals surface area contributed by atoms with Gasteiger partial charge in [-0.2, -0.15) is 0 Å². The summed E-state index contributed by atoms with van der Waals surface area (Å²) in [5.74, 6) is 2.17. The van der Waals surface area contributed by atoms with E-state index in [9.17, 15) is 4.79 Å². The molecule has 0 fully saturated rings. The van der Waals surface area contributed by atoms with Crippen molar-refractivity contribution in [2.75, 3.05) is 17.9 Å². The number of nitrogens with zero attached hydrogens (tertiary/aromatic N) is 1. The quantitative estimate of drug-likeness (QED) is 0.627. The zero-order chi connectivity index (χ0) is 17.8. The number of fused-ring (bicyclic) bond motifs is 1. The van der Waals surface area contributed by atoms with Gasteiger partial charge in [0.25, 0.3) is 0 Å². The molecule has 0 bridgehead atoms. The second-order valence-electron chi connectivity index (χ2n) is 5.57. The van der Waals surface area contributed by atoms with E-state index in [1.54, 1.807) is 11.8 Å². The SMILES string of the molecule is O=C(CCSc1ccccc1)Nc1nc(-c2ccc3c(c2)OCO3)cs1. The van der Waals surface area contributed by atoms with Gasteiger partial charge in [-0.15, -0.1) is 23.1 Å². The van der Waals surface area contributed by atoms with E-state index in [1.807, 2.05) is 53.9 Å². The third-order valence-electron chi connectivity index (χ3n) is 3.76. The van der Waals surface area contributed by atoms with Crippen LogP contribution in [-0.2, 0) is 4.79 Å². The average molecular weight is 384 g/mol. The highest BCUT2D eigenvalue weighted by Crippen LogP contribution is 2.36. The monoisotopic (exact) mass is 384 g/mol. The predicted octanol–water partition coefficient (Wildman–Crippen LogP) is 4.66. The summed E-state index contributed by atoms with van der Waals surface area (Å²) in [6.45, 7) is 0.248. The molecule has 2 heterocycles. The van der Waals surface area contributed by atoms with Gasteiger partial charge in [0.1, 0.15) is 0 Å². The Morgan fingerprint density at radius 2 is 2.00 bits per heavy atom. The normalized spacial score (nSPS) is 12.2. The first kappa shape index (κ1) is 16.9. The van der Waals surface area contributed by atoms with Crippen LogP contribution in [0.25, 0.3) is 11.3 Å². The van der Waals surface area contributed by atoms with Crippen LogP contribution in [0.1, 0.15) is 6.42 Å². The van der Waals surface area contributed by atoms with Crippen LogP contribution in [0.2, 0.25) is 0 Å². The van der Waals surface area contributed by atoms with Gasteiger partial charge in [-0.1, -0.05) is 18.2 Å². The number of aromatic nitrogens is 1. The number of carbonyl (C=O) groups is 1. The molecule has 0 saturated heterocycles. The number of thioether (sulfide) groups is 1. The van der Waals surface area contributed by atoms with E-state index >= 15 is 0 Å². The molecule has 4 rings (SSSR count). The lowest BCUT2D eigenvalue weighted by molar-refractivity contribution is -0.115. The lowest BCUT2D eigenvalue weighted by Crippen LogP contribution is -2.11. The summed E-state index contributed by atoms with van der Waals surface area (Å²) < 4.78 is 10.7. The topological polar surface area (TPSA) is 60.5 Å². The molecule has 0 spiro atoms. The summed E-state index contributed by atoms with van der Waals surface area (Å²) in [4.78, 5) is 17.8. The summed E-state index contributed by atoms with van der Waals surface area (Å²) in [5, 5.41) is 5.40. The largest absolute Gasteiger partial charge is 0.454 e. The van der Waals surface area contributed by atoms with Crippen molar-refractivity contribution in [3.63, 3.8) is 0 Å². The molecular formula is C19H16N2O3S2. The molecule has 0 atom stereocenters. The Bertz CT molecular complexity index is 912. The van der Waals surface area contributed by atoms with Gasteiger partial charge in [0.05, 0.1) is 5.69 Å². The Kier molecular flexibility index (Phi) is 5.08. The van der Waals surface area contributed by atoms with E-state index in [0.717, 1.165) is 28.5 Å². The molecule has 0 aliphatic carbocycles. The number of hydrogen-bond acceptors (Lipinski definition) is 6. The fraction of sp³-hybridized carbons (Fsp3) is 0.158. The molecule has 2 aromatic carbocycles. The number of ether oxygens (including phenoxy) is 2. The molecule has 0 unspecified atom stereocenters. The first-order chi connectivity index (χ1) is 12.8. The lowest BCUT2D eigenvalue weighted by Gasteiger charge is -2.02. The van der Waals surface area contributed by atoms with Crippen LogP contribution < -0.4 is 14.8 Å². The minimum absolute atomic E-state index is 0.0278. The summed E-state index contributed by atoms with van der Waals surface area (Å²) in [5.41, 5.74) is 1.74. The summed E-state index contributed by atoms with van der Waals surface area (Å²) in [6, 6.07) is 15.8. The maximum absolute atomic E-state index is 12.1. The minimum atomic E-state index is -0.0278. The zero-order valence-electron chi connectivity index (χ0n) is 13.8. The highest BCUT2D eigenvalue weighted by atomic mass is 32.2. The van der Waals surface area contributed by atoms with Crippen LogP contribution in [0.15, 0.2) is 58.8 Å². The maximum Gasteiger partial charge on any atom is 0.231 e. The molecule has 1 aliphatic rings. The Balaban J connectivity index is 1.32. The summed E-state index contributed by atoms with van der Waals surface area (Å²) in [6.07, 6.45) is 0.443. The smallest absolute Gasteiger partial charge is 0.231 e. The highest BCUT2D eigenvalue weighted by Gasteiger charge is 2.15. The number of thiazole rings is 1. The van der Waals surface area contributed by atoms with E-state index in [1.165, 1.54) is 16.2 Å². The second-order valence-corrected chi connectivity index (χ2v) is 7.59. The summed E-state index contributed by atoms with van der Waals surface area (Å²) >= 11 is 3.08. The molecule has 1 amide bonds. The molecular weight excluding hydrogens is 368 g/mol. The first-order valence-electron chi connectivity index (χ1n) is 8.11. The standard InChI is InChI=1S/C19H16N2O3S2/c22-18(8-9-25-14-4-2-1-3-5-14)21-19-20-15(11-26-19)13-6-7-16-17(10-13)24-12-23-16/h1-7,10-11H,8-9,12H2,(H,20,21,22). The third kappa shape index (κ3) is 4.00. The fourth-order valence-corrected chi connectivity index (χ4v) is 4.09. The van der Waals surface area contributed by atoms with Crippen LogP contribution in [0, 0.1) is 0 Å². The van der Waals surface area contributed by atoms with Gasteiger partial charge >= 0.3 is 0 Å². The Morgan fingerprint density at radius 1 is 1.15 bits per heavy atom. The van der Waals surface area contributed by atoms with Crippen LogP contribution in [-0.4, -0.2) is 23.4 Å². The fourth-order valence-electron chi connectivity index (χ4n) is 2.48. The van der Waals surface area contributed by atoms with Crippen molar-refractivity contribution in [3.05, 3.63) is 53.9 Å². The van der Waals surface area contributed by atoms with Crippen molar-refractivity contribution in [2.24, 2.45) is 0 Å². The number of nitrogens with one attached hydrogen (secondary N) is 1. The Hall–Kier alpha value is -2.51. The minimum Gasteiger partial charge on any atom is -0.454 e. The average Bonchev–Trinajstić information content (AvgIpc) is 3.31. The number of rotatable bonds is 6. The van der Waals surface area contributed by atoms with Crippen LogP contribution in [0.3, 0.4) is 0 Å². The van der Waals surface area contributed by atoms with Crippen molar-refractivity contribution in [1.82, 2.24) is 4.98 Å². The number of benzene rings is 2.